The molecule has 0 radical (unpaired) electrons. The van der Waals surface area contributed by atoms with Crippen molar-refractivity contribution in [2.75, 3.05) is 6.54 Å². The maximum absolute atomic E-state index is 11.6. The zero-order chi connectivity index (χ0) is 12.8. The molecule has 1 aliphatic heterocycles. The van der Waals surface area contributed by atoms with Crippen LogP contribution in [-0.4, -0.2) is 41.7 Å². The van der Waals surface area contributed by atoms with E-state index >= 15 is 0 Å². The minimum Gasteiger partial charge on any atom is -0.393 e. The fourth-order valence-electron chi connectivity index (χ4n) is 1.55. The SMILES string of the molecule is C[C@H]1/C=C/C(=O)NCC[C@@H](O)C[C@H](N)C(=O)N1. The lowest BCUT2D eigenvalue weighted by Crippen LogP contribution is -2.46. The number of carbonyl (C=O) groups is 2. The van der Waals surface area contributed by atoms with Crippen molar-refractivity contribution < 1.29 is 14.7 Å². The summed E-state index contributed by atoms with van der Waals surface area (Å²) in [6.07, 6.45) is 2.85. The molecular formula is C11H19N3O3. The molecule has 0 saturated carbocycles. The third-order valence-electron chi connectivity index (χ3n) is 2.55. The largest absolute Gasteiger partial charge is 0.393 e. The van der Waals surface area contributed by atoms with Crippen molar-refractivity contribution in [2.45, 2.75) is 38.0 Å². The van der Waals surface area contributed by atoms with Crippen LogP contribution in [0.5, 0.6) is 0 Å². The summed E-state index contributed by atoms with van der Waals surface area (Å²) < 4.78 is 0. The molecule has 0 aromatic heterocycles. The van der Waals surface area contributed by atoms with E-state index in [0.717, 1.165) is 0 Å². The minimum absolute atomic E-state index is 0.193. The first-order chi connectivity index (χ1) is 7.99. The van der Waals surface area contributed by atoms with Gasteiger partial charge in [-0.25, -0.2) is 0 Å². The lowest BCUT2D eigenvalue weighted by molar-refractivity contribution is -0.123. The van der Waals surface area contributed by atoms with Gasteiger partial charge in [0.15, 0.2) is 0 Å². The quantitative estimate of drug-likeness (QED) is 0.420. The topological polar surface area (TPSA) is 104 Å². The van der Waals surface area contributed by atoms with Crippen LogP contribution in [0.4, 0.5) is 0 Å². The smallest absolute Gasteiger partial charge is 0.243 e. The van der Waals surface area contributed by atoms with Gasteiger partial charge in [0.05, 0.1) is 12.1 Å². The van der Waals surface area contributed by atoms with Crippen LogP contribution in [0, 0.1) is 0 Å². The Labute approximate surface area is 100 Å². The van der Waals surface area contributed by atoms with Crippen molar-refractivity contribution in [1.82, 2.24) is 10.6 Å². The highest BCUT2D eigenvalue weighted by atomic mass is 16.3. The van der Waals surface area contributed by atoms with Gasteiger partial charge in [-0.1, -0.05) is 6.08 Å². The summed E-state index contributed by atoms with van der Waals surface area (Å²) in [7, 11) is 0. The highest BCUT2D eigenvalue weighted by Gasteiger charge is 2.19. The second kappa shape index (κ2) is 6.36. The highest BCUT2D eigenvalue weighted by molar-refractivity contribution is 5.88. The van der Waals surface area contributed by atoms with Crippen LogP contribution < -0.4 is 16.4 Å². The molecule has 6 heteroatoms. The molecule has 0 bridgehead atoms. The second-order valence-electron chi connectivity index (χ2n) is 4.23. The lowest BCUT2D eigenvalue weighted by atomic mass is 10.1. The molecule has 17 heavy (non-hydrogen) atoms. The summed E-state index contributed by atoms with van der Waals surface area (Å²) in [5.41, 5.74) is 5.65. The Morgan fingerprint density at radius 1 is 1.47 bits per heavy atom. The third kappa shape index (κ3) is 4.97. The summed E-state index contributed by atoms with van der Waals surface area (Å²) in [6.45, 7) is 2.11. The molecule has 1 heterocycles. The van der Waals surface area contributed by atoms with E-state index in [2.05, 4.69) is 10.6 Å². The van der Waals surface area contributed by atoms with Crippen molar-refractivity contribution in [1.29, 1.82) is 0 Å². The first kappa shape index (κ1) is 13.7. The second-order valence-corrected chi connectivity index (χ2v) is 4.23. The Balaban J connectivity index is 2.69. The zero-order valence-corrected chi connectivity index (χ0v) is 9.85. The molecule has 0 aliphatic carbocycles. The van der Waals surface area contributed by atoms with Crippen LogP contribution in [0.3, 0.4) is 0 Å². The molecular weight excluding hydrogens is 222 g/mol. The van der Waals surface area contributed by atoms with E-state index in [1.54, 1.807) is 13.0 Å². The number of hydrogen-bond acceptors (Lipinski definition) is 4. The molecule has 0 saturated heterocycles. The van der Waals surface area contributed by atoms with E-state index in [1.165, 1.54) is 6.08 Å². The van der Waals surface area contributed by atoms with Gasteiger partial charge >= 0.3 is 0 Å². The zero-order valence-electron chi connectivity index (χ0n) is 9.85. The molecule has 6 nitrogen and oxygen atoms in total. The number of aliphatic hydroxyl groups is 1. The fraction of sp³-hybridized carbons (Fsp3) is 0.636. The Morgan fingerprint density at radius 2 is 2.18 bits per heavy atom. The van der Waals surface area contributed by atoms with Crippen LogP contribution in [0.1, 0.15) is 19.8 Å². The summed E-state index contributed by atoms with van der Waals surface area (Å²) in [5, 5.41) is 14.9. The highest BCUT2D eigenvalue weighted by Crippen LogP contribution is 2.02. The predicted molar refractivity (Wildman–Crippen MR) is 63.0 cm³/mol. The van der Waals surface area contributed by atoms with Crippen molar-refractivity contribution in [3.05, 3.63) is 12.2 Å². The van der Waals surface area contributed by atoms with Crippen LogP contribution in [0.2, 0.25) is 0 Å². The van der Waals surface area contributed by atoms with E-state index < -0.39 is 12.1 Å². The first-order valence-corrected chi connectivity index (χ1v) is 5.69. The molecule has 0 aromatic rings. The van der Waals surface area contributed by atoms with Crippen LogP contribution in [0.25, 0.3) is 0 Å². The van der Waals surface area contributed by atoms with Crippen molar-refractivity contribution in [3.8, 4) is 0 Å². The molecule has 0 aromatic carbocycles. The summed E-state index contributed by atoms with van der Waals surface area (Å²) in [5.74, 6) is -0.551. The number of nitrogens with one attached hydrogen (secondary N) is 2. The Bertz CT molecular complexity index is 317. The monoisotopic (exact) mass is 241 g/mol. The Hall–Kier alpha value is -1.40. The van der Waals surface area contributed by atoms with Gasteiger partial charge in [-0.15, -0.1) is 0 Å². The van der Waals surface area contributed by atoms with E-state index in [0.29, 0.717) is 13.0 Å². The molecule has 2 amide bonds. The molecule has 1 rings (SSSR count). The summed E-state index contributed by atoms with van der Waals surface area (Å²) in [6, 6.07) is -0.994. The third-order valence-corrected chi connectivity index (χ3v) is 2.55. The van der Waals surface area contributed by atoms with Gasteiger partial charge in [0.25, 0.3) is 0 Å². The van der Waals surface area contributed by atoms with Crippen molar-refractivity contribution in [3.63, 3.8) is 0 Å². The first-order valence-electron chi connectivity index (χ1n) is 5.69. The van der Waals surface area contributed by atoms with Crippen LogP contribution in [-0.2, 0) is 9.59 Å². The van der Waals surface area contributed by atoms with Gasteiger partial charge in [0, 0.05) is 18.7 Å². The van der Waals surface area contributed by atoms with Crippen LogP contribution in [0.15, 0.2) is 12.2 Å². The van der Waals surface area contributed by atoms with Gasteiger partial charge in [0.2, 0.25) is 11.8 Å². The molecule has 1 aliphatic rings. The number of amides is 2. The van der Waals surface area contributed by atoms with Gasteiger partial charge in [-0.2, -0.15) is 0 Å². The normalized spacial score (nSPS) is 33.9. The molecule has 96 valence electrons. The number of hydrogen-bond donors (Lipinski definition) is 4. The van der Waals surface area contributed by atoms with E-state index in [1.807, 2.05) is 0 Å². The summed E-state index contributed by atoms with van der Waals surface area (Å²) in [4.78, 5) is 22.9. The van der Waals surface area contributed by atoms with Gasteiger partial charge in [-0.05, 0) is 19.8 Å². The molecule has 0 spiro atoms. The van der Waals surface area contributed by atoms with Gasteiger partial charge in [-0.3, -0.25) is 9.59 Å². The number of rotatable bonds is 0. The Kier molecular flexibility index (Phi) is 5.11. The maximum Gasteiger partial charge on any atom is 0.243 e. The van der Waals surface area contributed by atoms with Crippen molar-refractivity contribution in [2.24, 2.45) is 5.73 Å². The summed E-state index contributed by atoms with van der Waals surface area (Å²) >= 11 is 0. The number of carbonyl (C=O) groups excluding carboxylic acids is 2. The predicted octanol–water partition coefficient (Wildman–Crippen LogP) is -1.35. The average Bonchev–Trinajstić information content (AvgIpc) is 2.25. The van der Waals surface area contributed by atoms with Gasteiger partial charge in [0.1, 0.15) is 0 Å². The van der Waals surface area contributed by atoms with Crippen LogP contribution >= 0.6 is 0 Å². The van der Waals surface area contributed by atoms with E-state index in [9.17, 15) is 14.7 Å². The van der Waals surface area contributed by atoms with Gasteiger partial charge < -0.3 is 21.5 Å². The number of aliphatic hydroxyl groups excluding tert-OH is 1. The molecule has 0 unspecified atom stereocenters. The maximum atomic E-state index is 11.6. The molecule has 5 N–H and O–H groups in total. The minimum atomic E-state index is -0.726. The molecule has 0 fully saturated rings. The molecule has 3 atom stereocenters. The van der Waals surface area contributed by atoms with E-state index in [4.69, 9.17) is 5.73 Å². The van der Waals surface area contributed by atoms with E-state index in [-0.39, 0.29) is 24.3 Å². The Morgan fingerprint density at radius 3 is 2.88 bits per heavy atom. The standard InChI is InChI=1S/C11H19N3O3/c1-7-2-3-10(16)13-5-4-8(15)6-9(12)11(17)14-7/h2-3,7-9,15H,4-6,12H2,1H3,(H,13,16)(H,14,17)/b3-2+/t7-,8+,9-/m0/s1. The van der Waals surface area contributed by atoms with Crippen molar-refractivity contribution >= 4 is 11.8 Å². The fourth-order valence-corrected chi connectivity index (χ4v) is 1.55. The number of nitrogens with two attached hydrogens (primary N) is 1. The average molecular weight is 241 g/mol. The lowest BCUT2D eigenvalue weighted by Gasteiger charge is -2.19.